The van der Waals surface area contributed by atoms with E-state index in [9.17, 15) is 14.3 Å². The van der Waals surface area contributed by atoms with Gasteiger partial charge in [0.25, 0.3) is 0 Å². The predicted molar refractivity (Wildman–Crippen MR) is 45.8 cm³/mol. The second kappa shape index (κ2) is 5.75. The average molecular weight is 176 g/mol. The molecule has 0 aromatic carbocycles. The van der Waals surface area contributed by atoms with Crippen molar-refractivity contribution >= 4 is 5.78 Å². The summed E-state index contributed by atoms with van der Waals surface area (Å²) in [5.74, 6) is -1.80. The summed E-state index contributed by atoms with van der Waals surface area (Å²) in [6, 6.07) is 0. The second-order valence-electron chi connectivity index (χ2n) is 2.54. The molecule has 1 N–H and O–H groups in total. The van der Waals surface area contributed by atoms with E-state index < -0.39 is 12.4 Å². The molecule has 70 valence electrons. The number of aliphatic hydroxyl groups excluding tert-OH is 1. The molecule has 0 aliphatic rings. The van der Waals surface area contributed by atoms with Crippen LogP contribution in [0.25, 0.3) is 0 Å². The summed E-state index contributed by atoms with van der Waals surface area (Å²) in [7, 11) is 0. The third kappa shape index (κ3) is 3.51. The van der Waals surface area contributed by atoms with E-state index in [0.29, 0.717) is 18.9 Å². The van der Waals surface area contributed by atoms with Crippen LogP contribution < -0.4 is 0 Å². The van der Waals surface area contributed by atoms with E-state index in [1.165, 1.54) is 0 Å². The molecule has 0 fully saturated rings. The Morgan fingerprint density at radius 3 is 2.50 bits per heavy atom. The lowest BCUT2D eigenvalue weighted by molar-refractivity contribution is -0.115. The molecule has 0 rings (SSSR count). The van der Waals surface area contributed by atoms with Gasteiger partial charge in [0, 0.05) is 12.0 Å². The lowest BCUT2D eigenvalue weighted by Gasteiger charge is -2.09. The van der Waals surface area contributed by atoms with Gasteiger partial charge in [-0.25, -0.2) is 4.39 Å². The third-order valence-electron chi connectivity index (χ3n) is 1.78. The van der Waals surface area contributed by atoms with Crippen LogP contribution in [0, 0.1) is 5.92 Å². The van der Waals surface area contributed by atoms with Gasteiger partial charge in [-0.3, -0.25) is 4.79 Å². The van der Waals surface area contributed by atoms with Gasteiger partial charge in [0.05, 0.1) is 8.50 Å². The van der Waals surface area contributed by atoms with Crippen molar-refractivity contribution in [1.29, 1.82) is 0 Å². The zero-order chi connectivity index (χ0) is 11.4. The molecule has 0 bridgehead atoms. The van der Waals surface area contributed by atoms with Gasteiger partial charge in [0.1, 0.15) is 0 Å². The fraction of sp³-hybridized carbons (Fsp3) is 0.667. The Hall–Kier alpha value is -0.860. The molecule has 0 aromatic rings. The first kappa shape index (κ1) is 7.77. The second-order valence-corrected chi connectivity index (χ2v) is 2.54. The summed E-state index contributed by atoms with van der Waals surface area (Å²) in [6.45, 7) is 0.250. The van der Waals surface area contributed by atoms with Gasteiger partial charge >= 0.3 is 0 Å². The van der Waals surface area contributed by atoms with Gasteiger partial charge in [-0.05, 0) is 12.8 Å². The summed E-state index contributed by atoms with van der Waals surface area (Å²) in [4.78, 5) is 10.8. The molecule has 2 nitrogen and oxygen atoms in total. The van der Waals surface area contributed by atoms with E-state index in [1.54, 1.807) is 0 Å². The first-order valence-electron chi connectivity index (χ1n) is 4.96. The van der Waals surface area contributed by atoms with Gasteiger partial charge in [-0.2, -0.15) is 0 Å². The third-order valence-corrected chi connectivity index (χ3v) is 1.78. The molecule has 0 spiro atoms. The lowest BCUT2D eigenvalue weighted by Crippen LogP contribution is -2.05. The van der Waals surface area contributed by atoms with Crippen molar-refractivity contribution in [2.75, 3.05) is 6.63 Å². The number of halogens is 1. The minimum absolute atomic E-state index is 0.207. The first-order valence-corrected chi connectivity index (χ1v) is 3.96. The normalized spacial score (nSPS) is 15.8. The van der Waals surface area contributed by atoms with Gasteiger partial charge in [-0.15, -0.1) is 0 Å². The van der Waals surface area contributed by atoms with Crippen LogP contribution in [0.2, 0.25) is 0 Å². The molecule has 12 heavy (non-hydrogen) atoms. The van der Waals surface area contributed by atoms with Crippen LogP contribution in [-0.2, 0) is 4.79 Å². The lowest BCUT2D eigenvalue weighted by atomic mass is 10.0. The van der Waals surface area contributed by atoms with Crippen molar-refractivity contribution < 1.29 is 17.0 Å². The van der Waals surface area contributed by atoms with Crippen LogP contribution >= 0.6 is 0 Å². The number of allylic oxidation sites excluding steroid dienone is 2. The Kier molecular flexibility index (Phi) is 3.72. The van der Waals surface area contributed by atoms with Gasteiger partial charge in [-0.1, -0.05) is 13.8 Å². The molecular weight excluding hydrogens is 159 g/mol. The first-order chi connectivity index (χ1) is 6.32. The highest BCUT2D eigenvalue weighted by Crippen LogP contribution is 2.15. The molecule has 0 aromatic heterocycles. The SMILES string of the molecule is [2H]C([2H])(F)C(=O)/C=C(\O)C(CC)CC. The number of rotatable bonds is 5. The van der Waals surface area contributed by atoms with Gasteiger partial charge in [0.15, 0.2) is 12.4 Å². The van der Waals surface area contributed by atoms with Crippen molar-refractivity contribution in [3.8, 4) is 0 Å². The summed E-state index contributed by atoms with van der Waals surface area (Å²) in [5, 5.41) is 9.35. The van der Waals surface area contributed by atoms with Crippen LogP contribution in [-0.4, -0.2) is 17.5 Å². The van der Waals surface area contributed by atoms with Crippen LogP contribution in [0.4, 0.5) is 4.39 Å². The zero-order valence-electron chi connectivity index (χ0n) is 9.30. The Bertz CT molecular complexity index is 229. The van der Waals surface area contributed by atoms with E-state index >= 15 is 0 Å². The molecular formula is C9H15FO2. The Labute approximate surface area is 74.9 Å². The highest BCUT2D eigenvalue weighted by atomic mass is 19.1. The maximum atomic E-state index is 12.4. The van der Waals surface area contributed by atoms with E-state index in [2.05, 4.69) is 0 Å². The number of carbonyl (C=O) groups is 1. The molecule has 0 aliphatic heterocycles. The number of aliphatic hydroxyl groups is 1. The van der Waals surface area contributed by atoms with Crippen molar-refractivity contribution in [3.63, 3.8) is 0 Å². The summed E-state index contributed by atoms with van der Waals surface area (Å²) in [6.07, 6.45) is 1.89. The summed E-state index contributed by atoms with van der Waals surface area (Å²) in [5.41, 5.74) is 0. The van der Waals surface area contributed by atoms with Crippen LogP contribution in [0.15, 0.2) is 11.8 Å². The monoisotopic (exact) mass is 176 g/mol. The fourth-order valence-electron chi connectivity index (χ4n) is 0.986. The number of alkyl halides is 1. The maximum Gasteiger partial charge on any atom is 0.189 e. The van der Waals surface area contributed by atoms with Crippen LogP contribution in [0.3, 0.4) is 0 Å². The van der Waals surface area contributed by atoms with Gasteiger partial charge < -0.3 is 5.11 Å². The number of hydrogen-bond donors (Lipinski definition) is 1. The Morgan fingerprint density at radius 2 is 2.17 bits per heavy atom. The summed E-state index contributed by atoms with van der Waals surface area (Å²) < 4.78 is 25.4. The highest BCUT2D eigenvalue weighted by Gasteiger charge is 2.09. The quantitative estimate of drug-likeness (QED) is 0.516. The minimum Gasteiger partial charge on any atom is -0.512 e. The molecule has 0 saturated heterocycles. The predicted octanol–water partition coefficient (Wildman–Crippen LogP) is 2.40. The number of carbonyl (C=O) groups excluding carboxylic acids is 1. The highest BCUT2D eigenvalue weighted by molar-refractivity contribution is 5.90. The zero-order valence-corrected chi connectivity index (χ0v) is 7.30. The van der Waals surface area contributed by atoms with E-state index in [0.717, 1.165) is 0 Å². The summed E-state index contributed by atoms with van der Waals surface area (Å²) >= 11 is 0. The molecule has 3 heteroatoms. The van der Waals surface area contributed by atoms with Crippen LogP contribution in [0.5, 0.6) is 0 Å². The fourth-order valence-corrected chi connectivity index (χ4v) is 0.986. The van der Waals surface area contributed by atoms with Crippen molar-refractivity contribution in [3.05, 3.63) is 11.8 Å². The van der Waals surface area contributed by atoms with E-state index in [-0.39, 0.29) is 11.7 Å². The molecule has 0 radical (unpaired) electrons. The number of ketones is 1. The van der Waals surface area contributed by atoms with Crippen molar-refractivity contribution in [1.82, 2.24) is 0 Å². The largest absolute Gasteiger partial charge is 0.512 e. The maximum absolute atomic E-state index is 12.4. The van der Waals surface area contributed by atoms with E-state index in [4.69, 9.17) is 2.74 Å². The molecule has 0 unspecified atom stereocenters. The molecule has 0 saturated carbocycles. The standard InChI is InChI=1S/C9H15FO2/c1-3-7(4-2)9(12)5-8(11)6-10/h5,7,12H,3-4,6H2,1-2H3/b9-5-/i6D2. The Balaban J connectivity index is 4.59. The molecule has 0 amide bonds. The minimum atomic E-state index is -3.40. The Morgan fingerprint density at radius 1 is 1.67 bits per heavy atom. The topological polar surface area (TPSA) is 37.3 Å². The smallest absolute Gasteiger partial charge is 0.189 e. The number of hydrogen-bond acceptors (Lipinski definition) is 2. The molecule has 0 heterocycles. The van der Waals surface area contributed by atoms with Crippen molar-refractivity contribution in [2.45, 2.75) is 26.7 Å². The molecule has 0 aliphatic carbocycles. The average Bonchev–Trinajstić information content (AvgIpc) is 2.04. The van der Waals surface area contributed by atoms with Crippen LogP contribution in [0.1, 0.15) is 29.4 Å². The van der Waals surface area contributed by atoms with Gasteiger partial charge in [0.2, 0.25) is 0 Å². The van der Waals surface area contributed by atoms with Crippen molar-refractivity contribution in [2.24, 2.45) is 5.92 Å². The van der Waals surface area contributed by atoms with E-state index in [1.807, 2.05) is 13.8 Å². The molecule has 0 atom stereocenters.